The van der Waals surface area contributed by atoms with Crippen molar-refractivity contribution in [2.45, 2.75) is 0 Å². The van der Waals surface area contributed by atoms with E-state index in [9.17, 15) is 0 Å². The van der Waals surface area contributed by atoms with Gasteiger partial charge in [0.25, 0.3) is 0 Å². The fourth-order valence-corrected chi connectivity index (χ4v) is 1.91. The lowest BCUT2D eigenvalue weighted by atomic mass is 10.2. The highest BCUT2D eigenvalue weighted by molar-refractivity contribution is 6.33. The zero-order chi connectivity index (χ0) is 14.4. The Balaban J connectivity index is 2.15. The van der Waals surface area contributed by atoms with Gasteiger partial charge >= 0.3 is 0 Å². The molecule has 0 atom stereocenters. The van der Waals surface area contributed by atoms with Gasteiger partial charge in [0.2, 0.25) is 0 Å². The average molecular weight is 288 g/mol. The molecule has 3 N–H and O–H groups in total. The largest absolute Gasteiger partial charge is 0.492 e. The summed E-state index contributed by atoms with van der Waals surface area (Å²) in [5, 5.41) is 12.5. The molecule has 0 aliphatic rings. The molecule has 2 aromatic rings. The maximum Gasteiger partial charge on any atom is 0.121 e. The minimum atomic E-state index is 0.471. The van der Waals surface area contributed by atoms with Crippen molar-refractivity contribution in [2.75, 3.05) is 18.5 Å². The number of benzene rings is 2. The van der Waals surface area contributed by atoms with Crippen LogP contribution < -0.4 is 15.8 Å². The van der Waals surface area contributed by atoms with Crippen LogP contribution in [0.1, 0.15) is 5.56 Å². The zero-order valence-electron chi connectivity index (χ0n) is 10.8. The summed E-state index contributed by atoms with van der Waals surface area (Å²) in [6.45, 7) is 0.945. The highest BCUT2D eigenvalue weighted by Gasteiger charge is 2.03. The first-order chi connectivity index (χ1) is 9.72. The molecule has 20 heavy (non-hydrogen) atoms. The van der Waals surface area contributed by atoms with E-state index < -0.39 is 0 Å². The Morgan fingerprint density at radius 2 is 2.10 bits per heavy atom. The molecular formula is C15H14ClN3O. The second-order valence-corrected chi connectivity index (χ2v) is 4.50. The van der Waals surface area contributed by atoms with E-state index in [0.29, 0.717) is 23.7 Å². The smallest absolute Gasteiger partial charge is 0.121 e. The molecular weight excluding hydrogens is 274 g/mol. The number of nitrogens with one attached hydrogen (secondary N) is 1. The zero-order valence-corrected chi connectivity index (χ0v) is 11.5. The molecule has 0 spiro atoms. The number of halogens is 1. The quantitative estimate of drug-likeness (QED) is 0.885. The normalized spacial score (nSPS) is 9.85. The van der Waals surface area contributed by atoms with Gasteiger partial charge in [-0.2, -0.15) is 5.26 Å². The lowest BCUT2D eigenvalue weighted by Gasteiger charge is -2.10. The molecule has 2 rings (SSSR count). The van der Waals surface area contributed by atoms with E-state index in [-0.39, 0.29) is 0 Å². The average Bonchev–Trinajstić information content (AvgIpc) is 2.47. The van der Waals surface area contributed by atoms with Crippen molar-refractivity contribution < 1.29 is 4.74 Å². The van der Waals surface area contributed by atoms with Crippen LogP contribution in [0.25, 0.3) is 0 Å². The number of hydrogen-bond acceptors (Lipinski definition) is 4. The number of nitrogens with two attached hydrogens (primary N) is 1. The molecule has 0 aromatic heterocycles. The first kappa shape index (κ1) is 14.2. The second kappa shape index (κ2) is 6.80. The molecule has 0 aliphatic heterocycles. The van der Waals surface area contributed by atoms with E-state index in [1.807, 2.05) is 30.3 Å². The van der Waals surface area contributed by atoms with Gasteiger partial charge in [-0.3, -0.25) is 0 Å². The van der Waals surface area contributed by atoms with Gasteiger partial charge in [-0.15, -0.1) is 0 Å². The molecule has 0 amide bonds. The van der Waals surface area contributed by atoms with Gasteiger partial charge in [0.05, 0.1) is 22.3 Å². The molecule has 0 bridgehead atoms. The first-order valence-corrected chi connectivity index (χ1v) is 6.50. The van der Waals surface area contributed by atoms with Gasteiger partial charge in [0, 0.05) is 18.3 Å². The Kier molecular flexibility index (Phi) is 4.83. The third kappa shape index (κ3) is 3.64. The molecule has 2 aromatic carbocycles. The summed E-state index contributed by atoms with van der Waals surface area (Å²) in [5.74, 6) is 0.741. The van der Waals surface area contributed by atoms with Gasteiger partial charge < -0.3 is 15.8 Å². The predicted octanol–water partition coefficient (Wildman–Crippen LogP) is 3.29. The summed E-state index contributed by atoms with van der Waals surface area (Å²) in [4.78, 5) is 0. The fraction of sp³-hybridized carbons (Fsp3) is 0.133. The standard InChI is InChI=1S/C15H14ClN3O/c16-14-8-11(10-18)4-5-15(14)19-12-2-1-3-13(9-12)20-7-6-17/h1-5,8-9,19H,6-7,17H2. The minimum absolute atomic E-state index is 0.471. The van der Waals surface area contributed by atoms with Gasteiger partial charge in [0.1, 0.15) is 12.4 Å². The van der Waals surface area contributed by atoms with Crippen molar-refractivity contribution in [3.63, 3.8) is 0 Å². The van der Waals surface area contributed by atoms with Crippen LogP contribution in [0, 0.1) is 11.3 Å². The highest BCUT2D eigenvalue weighted by Crippen LogP contribution is 2.27. The summed E-state index contributed by atoms with van der Waals surface area (Å²) in [7, 11) is 0. The maximum absolute atomic E-state index is 8.81. The van der Waals surface area contributed by atoms with Crippen LogP contribution in [0.15, 0.2) is 42.5 Å². The SMILES string of the molecule is N#Cc1ccc(Nc2cccc(OCCN)c2)c(Cl)c1. The van der Waals surface area contributed by atoms with Crippen LogP contribution >= 0.6 is 11.6 Å². The van der Waals surface area contributed by atoms with Crippen LogP contribution in [0.3, 0.4) is 0 Å². The Bertz CT molecular complexity index is 637. The van der Waals surface area contributed by atoms with Crippen LogP contribution in [-0.2, 0) is 0 Å². The monoisotopic (exact) mass is 287 g/mol. The van der Waals surface area contributed by atoms with E-state index in [0.717, 1.165) is 17.1 Å². The number of rotatable bonds is 5. The summed E-state index contributed by atoms with van der Waals surface area (Å²) in [6.07, 6.45) is 0. The van der Waals surface area contributed by atoms with Crippen molar-refractivity contribution in [2.24, 2.45) is 5.73 Å². The van der Waals surface area contributed by atoms with E-state index in [1.165, 1.54) is 0 Å². The Morgan fingerprint density at radius 3 is 2.80 bits per heavy atom. The molecule has 0 fully saturated rings. The number of hydrogen-bond donors (Lipinski definition) is 2. The third-order valence-electron chi connectivity index (χ3n) is 2.60. The maximum atomic E-state index is 8.81. The molecule has 4 nitrogen and oxygen atoms in total. The van der Waals surface area contributed by atoms with Gasteiger partial charge in [-0.05, 0) is 30.3 Å². The topological polar surface area (TPSA) is 71.1 Å². The van der Waals surface area contributed by atoms with Gasteiger partial charge in [-0.1, -0.05) is 17.7 Å². The summed E-state index contributed by atoms with van der Waals surface area (Å²) >= 11 is 6.12. The highest BCUT2D eigenvalue weighted by atomic mass is 35.5. The van der Waals surface area contributed by atoms with Crippen molar-refractivity contribution in [1.82, 2.24) is 0 Å². The minimum Gasteiger partial charge on any atom is -0.492 e. The molecule has 0 saturated heterocycles. The molecule has 102 valence electrons. The summed E-state index contributed by atoms with van der Waals surface area (Å²) in [5.41, 5.74) is 7.52. The van der Waals surface area contributed by atoms with E-state index in [4.69, 9.17) is 27.3 Å². The van der Waals surface area contributed by atoms with Crippen molar-refractivity contribution >= 4 is 23.0 Å². The van der Waals surface area contributed by atoms with Gasteiger partial charge in [0.15, 0.2) is 0 Å². The van der Waals surface area contributed by atoms with Gasteiger partial charge in [-0.25, -0.2) is 0 Å². The van der Waals surface area contributed by atoms with E-state index in [2.05, 4.69) is 5.32 Å². The summed E-state index contributed by atoms with van der Waals surface area (Å²) in [6, 6.07) is 14.7. The van der Waals surface area contributed by atoms with E-state index >= 15 is 0 Å². The molecule has 0 radical (unpaired) electrons. The molecule has 0 aliphatic carbocycles. The number of ether oxygens (including phenoxy) is 1. The van der Waals surface area contributed by atoms with Crippen molar-refractivity contribution in [1.29, 1.82) is 5.26 Å². The fourth-order valence-electron chi connectivity index (χ4n) is 1.68. The molecule has 0 heterocycles. The van der Waals surface area contributed by atoms with Crippen LogP contribution in [-0.4, -0.2) is 13.2 Å². The second-order valence-electron chi connectivity index (χ2n) is 4.10. The number of nitriles is 1. The molecule has 0 saturated carbocycles. The Morgan fingerprint density at radius 1 is 1.25 bits per heavy atom. The van der Waals surface area contributed by atoms with Crippen LogP contribution in [0.2, 0.25) is 5.02 Å². The van der Waals surface area contributed by atoms with Crippen molar-refractivity contribution in [3.05, 3.63) is 53.1 Å². The summed E-state index contributed by atoms with van der Waals surface area (Å²) < 4.78 is 5.46. The number of nitrogens with zero attached hydrogens (tertiary/aromatic N) is 1. The predicted molar refractivity (Wildman–Crippen MR) is 80.4 cm³/mol. The van der Waals surface area contributed by atoms with Crippen LogP contribution in [0.4, 0.5) is 11.4 Å². The molecule has 0 unspecified atom stereocenters. The molecule has 5 heteroatoms. The Hall–Kier alpha value is -2.22. The van der Waals surface area contributed by atoms with Crippen LogP contribution in [0.5, 0.6) is 5.75 Å². The third-order valence-corrected chi connectivity index (χ3v) is 2.91. The van der Waals surface area contributed by atoms with Crippen molar-refractivity contribution in [3.8, 4) is 11.8 Å². The number of anilines is 2. The lowest BCUT2D eigenvalue weighted by Crippen LogP contribution is -2.10. The first-order valence-electron chi connectivity index (χ1n) is 6.12. The lowest BCUT2D eigenvalue weighted by molar-refractivity contribution is 0.328. The van der Waals surface area contributed by atoms with E-state index in [1.54, 1.807) is 18.2 Å². The Labute approximate surface area is 122 Å².